The third-order valence-corrected chi connectivity index (χ3v) is 2.81. The molecule has 0 saturated heterocycles. The molecule has 0 atom stereocenters. The van der Waals surface area contributed by atoms with Gasteiger partial charge in [-0.15, -0.1) is 0 Å². The predicted molar refractivity (Wildman–Crippen MR) is 93.8 cm³/mol. The molecular weight excluding hydrogens is 308 g/mol. The number of esters is 1. The molecule has 0 heterocycles. The van der Waals surface area contributed by atoms with Crippen molar-refractivity contribution in [1.82, 2.24) is 4.90 Å². The SMILES string of the molecule is C=CCOC(=O)CN(C)Cc1ccc(NC(=O)OC(C)(C)C)cc1. The first-order valence-electron chi connectivity index (χ1n) is 7.73. The molecule has 0 aliphatic heterocycles. The summed E-state index contributed by atoms with van der Waals surface area (Å²) in [6, 6.07) is 7.36. The van der Waals surface area contributed by atoms with E-state index in [2.05, 4.69) is 11.9 Å². The van der Waals surface area contributed by atoms with Gasteiger partial charge in [0.25, 0.3) is 0 Å². The lowest BCUT2D eigenvalue weighted by atomic mass is 10.2. The second kappa shape index (κ2) is 9.08. The second-order valence-corrected chi connectivity index (χ2v) is 6.47. The number of hydrogen-bond acceptors (Lipinski definition) is 5. The maximum absolute atomic E-state index is 11.7. The van der Waals surface area contributed by atoms with E-state index in [4.69, 9.17) is 9.47 Å². The Hall–Kier alpha value is -2.34. The lowest BCUT2D eigenvalue weighted by Gasteiger charge is -2.20. The van der Waals surface area contributed by atoms with Crippen molar-refractivity contribution in [2.75, 3.05) is 25.5 Å². The number of likely N-dealkylation sites (N-methyl/N-ethyl adjacent to an activating group) is 1. The molecule has 0 radical (unpaired) electrons. The van der Waals surface area contributed by atoms with Gasteiger partial charge in [-0.1, -0.05) is 24.8 Å². The molecule has 1 rings (SSSR count). The largest absolute Gasteiger partial charge is 0.461 e. The van der Waals surface area contributed by atoms with E-state index in [1.54, 1.807) is 12.1 Å². The van der Waals surface area contributed by atoms with Gasteiger partial charge in [-0.2, -0.15) is 0 Å². The molecule has 1 N–H and O–H groups in total. The maximum Gasteiger partial charge on any atom is 0.412 e. The number of nitrogens with zero attached hydrogens (tertiary/aromatic N) is 1. The Balaban J connectivity index is 2.48. The highest BCUT2D eigenvalue weighted by Gasteiger charge is 2.16. The fraction of sp³-hybridized carbons (Fsp3) is 0.444. The number of carbonyl (C=O) groups excluding carboxylic acids is 2. The average molecular weight is 334 g/mol. The van der Waals surface area contributed by atoms with Crippen LogP contribution in [-0.2, 0) is 20.8 Å². The minimum absolute atomic E-state index is 0.200. The Morgan fingerprint density at radius 3 is 2.42 bits per heavy atom. The minimum atomic E-state index is -0.535. The van der Waals surface area contributed by atoms with Crippen LogP contribution in [0.25, 0.3) is 0 Å². The van der Waals surface area contributed by atoms with Crippen LogP contribution in [0, 0.1) is 0 Å². The molecule has 132 valence electrons. The van der Waals surface area contributed by atoms with Crippen molar-refractivity contribution in [3.05, 3.63) is 42.5 Å². The third kappa shape index (κ3) is 8.33. The van der Waals surface area contributed by atoms with Crippen molar-refractivity contribution in [3.63, 3.8) is 0 Å². The molecule has 0 saturated carbocycles. The van der Waals surface area contributed by atoms with E-state index in [-0.39, 0.29) is 19.1 Å². The van der Waals surface area contributed by atoms with Gasteiger partial charge < -0.3 is 9.47 Å². The Morgan fingerprint density at radius 1 is 1.25 bits per heavy atom. The van der Waals surface area contributed by atoms with Crippen molar-refractivity contribution >= 4 is 17.7 Å². The van der Waals surface area contributed by atoms with E-state index in [0.717, 1.165) is 5.56 Å². The van der Waals surface area contributed by atoms with Gasteiger partial charge in [-0.3, -0.25) is 15.0 Å². The monoisotopic (exact) mass is 334 g/mol. The van der Waals surface area contributed by atoms with Gasteiger partial charge in [-0.05, 0) is 45.5 Å². The summed E-state index contributed by atoms with van der Waals surface area (Å²) >= 11 is 0. The maximum atomic E-state index is 11.7. The lowest BCUT2D eigenvalue weighted by Crippen LogP contribution is -2.27. The van der Waals surface area contributed by atoms with Crippen molar-refractivity contribution in [2.24, 2.45) is 0 Å². The Kier molecular flexibility index (Phi) is 7.45. The Morgan fingerprint density at radius 2 is 1.88 bits per heavy atom. The van der Waals surface area contributed by atoms with Crippen molar-refractivity contribution in [2.45, 2.75) is 32.9 Å². The minimum Gasteiger partial charge on any atom is -0.461 e. The molecule has 0 spiro atoms. The molecule has 24 heavy (non-hydrogen) atoms. The summed E-state index contributed by atoms with van der Waals surface area (Å²) in [4.78, 5) is 25.1. The molecule has 6 nitrogen and oxygen atoms in total. The molecular formula is C18H26N2O4. The molecule has 0 fully saturated rings. The quantitative estimate of drug-likeness (QED) is 0.613. The summed E-state index contributed by atoms with van der Waals surface area (Å²) in [5.41, 5.74) is 1.14. The van der Waals surface area contributed by atoms with Gasteiger partial charge in [0.15, 0.2) is 0 Å². The first kappa shape index (κ1) is 19.7. The van der Waals surface area contributed by atoms with Crippen LogP contribution in [0.1, 0.15) is 26.3 Å². The van der Waals surface area contributed by atoms with E-state index >= 15 is 0 Å². The van der Waals surface area contributed by atoms with Crippen molar-refractivity contribution in [1.29, 1.82) is 0 Å². The number of benzene rings is 1. The number of rotatable bonds is 7. The Labute approximate surface area is 143 Å². The van der Waals surface area contributed by atoms with Crippen LogP contribution in [-0.4, -0.2) is 42.8 Å². The highest BCUT2D eigenvalue weighted by Crippen LogP contribution is 2.13. The average Bonchev–Trinajstić information content (AvgIpc) is 2.45. The van der Waals surface area contributed by atoms with Gasteiger partial charge in [-0.25, -0.2) is 4.79 Å². The number of nitrogens with one attached hydrogen (secondary N) is 1. The van der Waals surface area contributed by atoms with E-state index in [0.29, 0.717) is 12.2 Å². The molecule has 1 aromatic rings. The molecule has 0 unspecified atom stereocenters. The van der Waals surface area contributed by atoms with Crippen LogP contribution in [0.4, 0.5) is 10.5 Å². The van der Waals surface area contributed by atoms with E-state index in [1.165, 1.54) is 6.08 Å². The summed E-state index contributed by atoms with van der Waals surface area (Å²) in [6.45, 7) is 9.94. The molecule has 0 aliphatic rings. The van der Waals surface area contributed by atoms with Crippen LogP contribution in [0.3, 0.4) is 0 Å². The number of carbonyl (C=O) groups is 2. The first-order valence-corrected chi connectivity index (χ1v) is 7.73. The second-order valence-electron chi connectivity index (χ2n) is 6.47. The number of anilines is 1. The topological polar surface area (TPSA) is 67.9 Å². The molecule has 1 aromatic carbocycles. The van der Waals surface area contributed by atoms with Gasteiger partial charge in [0, 0.05) is 12.2 Å². The molecule has 0 aliphatic carbocycles. The van der Waals surface area contributed by atoms with Crippen LogP contribution in [0.5, 0.6) is 0 Å². The third-order valence-electron chi connectivity index (χ3n) is 2.81. The van der Waals surface area contributed by atoms with Crippen molar-refractivity contribution in [3.8, 4) is 0 Å². The number of hydrogen-bond donors (Lipinski definition) is 1. The summed E-state index contributed by atoms with van der Waals surface area (Å²) in [7, 11) is 1.84. The summed E-state index contributed by atoms with van der Waals surface area (Å²) in [5.74, 6) is -0.291. The fourth-order valence-corrected chi connectivity index (χ4v) is 1.90. The van der Waals surface area contributed by atoms with Gasteiger partial charge in [0.1, 0.15) is 12.2 Å². The van der Waals surface area contributed by atoms with Gasteiger partial charge in [0.2, 0.25) is 0 Å². The zero-order valence-electron chi connectivity index (χ0n) is 14.8. The van der Waals surface area contributed by atoms with Crippen LogP contribution in [0.2, 0.25) is 0 Å². The predicted octanol–water partition coefficient (Wildman–Crippen LogP) is 3.19. The Bertz CT molecular complexity index is 561. The zero-order chi connectivity index (χ0) is 18.2. The highest BCUT2D eigenvalue weighted by molar-refractivity contribution is 5.84. The summed E-state index contributed by atoms with van der Waals surface area (Å²) in [6.07, 6.45) is 1.05. The van der Waals surface area contributed by atoms with Crippen LogP contribution < -0.4 is 5.32 Å². The van der Waals surface area contributed by atoms with Gasteiger partial charge >= 0.3 is 12.1 Å². The fourth-order valence-electron chi connectivity index (χ4n) is 1.90. The lowest BCUT2D eigenvalue weighted by molar-refractivity contribution is -0.143. The van der Waals surface area contributed by atoms with Crippen molar-refractivity contribution < 1.29 is 19.1 Å². The standard InChI is InChI=1S/C18H26N2O4/c1-6-11-23-16(21)13-20(5)12-14-7-9-15(10-8-14)19-17(22)24-18(2,3)4/h6-10H,1,11-13H2,2-5H3,(H,19,22). The first-order chi connectivity index (χ1) is 11.2. The van der Waals surface area contributed by atoms with Gasteiger partial charge in [0.05, 0.1) is 6.54 Å². The smallest absolute Gasteiger partial charge is 0.412 e. The molecule has 6 heteroatoms. The number of ether oxygens (including phenoxy) is 2. The zero-order valence-corrected chi connectivity index (χ0v) is 14.8. The molecule has 1 amide bonds. The van der Waals surface area contributed by atoms with E-state index < -0.39 is 11.7 Å². The number of amides is 1. The van der Waals surface area contributed by atoms with E-state index in [1.807, 2.05) is 44.9 Å². The van der Waals surface area contributed by atoms with Crippen LogP contribution >= 0.6 is 0 Å². The van der Waals surface area contributed by atoms with Crippen LogP contribution in [0.15, 0.2) is 36.9 Å². The highest BCUT2D eigenvalue weighted by atomic mass is 16.6. The molecule has 0 aromatic heterocycles. The van der Waals surface area contributed by atoms with E-state index in [9.17, 15) is 9.59 Å². The summed E-state index contributed by atoms with van der Waals surface area (Å²) < 4.78 is 10.1. The summed E-state index contributed by atoms with van der Waals surface area (Å²) in [5, 5.41) is 2.68. The normalized spacial score (nSPS) is 11.0. The molecule has 0 bridgehead atoms.